The minimum Gasteiger partial charge on any atom is -0.467 e. The first-order valence-electron chi connectivity index (χ1n) is 5.65. The molecule has 0 saturated heterocycles. The summed E-state index contributed by atoms with van der Waals surface area (Å²) in [6.45, 7) is 5.91. The van der Waals surface area contributed by atoms with Gasteiger partial charge in [0.25, 0.3) is 0 Å². The number of amides is 1. The summed E-state index contributed by atoms with van der Waals surface area (Å²) in [5.41, 5.74) is 4.99. The molecule has 1 aromatic rings. The molecular formula is C12H20N2O3. The minimum absolute atomic E-state index is 0.246. The molecule has 0 aliphatic carbocycles. The van der Waals surface area contributed by atoms with Crippen molar-refractivity contribution in [2.24, 2.45) is 5.73 Å². The van der Waals surface area contributed by atoms with Crippen LogP contribution in [0.5, 0.6) is 0 Å². The van der Waals surface area contributed by atoms with Gasteiger partial charge in [-0.15, -0.1) is 0 Å². The van der Waals surface area contributed by atoms with E-state index in [9.17, 15) is 4.79 Å². The Morgan fingerprint density at radius 2 is 2.29 bits per heavy atom. The number of nitrogens with two attached hydrogens (primary N) is 1. The first kappa shape index (κ1) is 13.6. The van der Waals surface area contributed by atoms with Gasteiger partial charge in [-0.05, 0) is 45.9 Å². The van der Waals surface area contributed by atoms with Crippen LogP contribution in [0.3, 0.4) is 0 Å². The number of ether oxygens (including phenoxy) is 1. The molecular weight excluding hydrogens is 220 g/mol. The topological polar surface area (TPSA) is 77.5 Å². The Kier molecular flexibility index (Phi) is 4.57. The average Bonchev–Trinajstić information content (AvgIpc) is 2.66. The fourth-order valence-corrected chi connectivity index (χ4v) is 1.39. The van der Waals surface area contributed by atoms with Gasteiger partial charge in [-0.25, -0.2) is 4.79 Å². The molecule has 5 heteroatoms. The largest absolute Gasteiger partial charge is 0.467 e. The minimum atomic E-state index is -0.513. The zero-order valence-corrected chi connectivity index (χ0v) is 10.5. The molecule has 1 atom stereocenters. The molecule has 1 rings (SSSR count). The van der Waals surface area contributed by atoms with E-state index in [2.05, 4.69) is 5.32 Å². The Balaban J connectivity index is 2.59. The molecule has 1 amide bonds. The van der Waals surface area contributed by atoms with Crippen molar-refractivity contribution in [3.63, 3.8) is 0 Å². The van der Waals surface area contributed by atoms with E-state index in [1.807, 2.05) is 20.8 Å². The van der Waals surface area contributed by atoms with Crippen molar-refractivity contribution < 1.29 is 13.9 Å². The number of rotatable bonds is 4. The second-order valence-electron chi connectivity index (χ2n) is 4.79. The fourth-order valence-electron chi connectivity index (χ4n) is 1.39. The van der Waals surface area contributed by atoms with Crippen LogP contribution in [0.1, 0.15) is 39.0 Å². The molecule has 0 aromatic carbocycles. The van der Waals surface area contributed by atoms with Crippen LogP contribution in [0, 0.1) is 0 Å². The third kappa shape index (κ3) is 4.91. The SMILES string of the molecule is CC(C)(C)OC(=O)NC(CCN)c1ccco1. The summed E-state index contributed by atoms with van der Waals surface area (Å²) in [7, 11) is 0. The van der Waals surface area contributed by atoms with E-state index < -0.39 is 11.7 Å². The van der Waals surface area contributed by atoms with Gasteiger partial charge in [-0.2, -0.15) is 0 Å². The average molecular weight is 240 g/mol. The highest BCUT2D eigenvalue weighted by Crippen LogP contribution is 2.17. The molecule has 0 radical (unpaired) electrons. The van der Waals surface area contributed by atoms with Gasteiger partial charge in [0.05, 0.1) is 12.3 Å². The van der Waals surface area contributed by atoms with Gasteiger partial charge in [-0.1, -0.05) is 0 Å². The molecule has 0 aliphatic rings. The predicted octanol–water partition coefficient (Wildman–Crippen LogP) is 2.19. The second-order valence-corrected chi connectivity index (χ2v) is 4.79. The molecule has 0 aliphatic heterocycles. The predicted molar refractivity (Wildman–Crippen MR) is 64.5 cm³/mol. The van der Waals surface area contributed by atoms with Crippen molar-refractivity contribution in [1.82, 2.24) is 5.32 Å². The van der Waals surface area contributed by atoms with Crippen molar-refractivity contribution in [3.8, 4) is 0 Å². The normalized spacial score (nSPS) is 13.2. The van der Waals surface area contributed by atoms with E-state index in [4.69, 9.17) is 14.9 Å². The molecule has 1 aromatic heterocycles. The van der Waals surface area contributed by atoms with Crippen LogP contribution < -0.4 is 11.1 Å². The third-order valence-electron chi connectivity index (χ3n) is 2.03. The van der Waals surface area contributed by atoms with E-state index in [1.54, 1.807) is 18.4 Å². The Labute approximate surface area is 101 Å². The van der Waals surface area contributed by atoms with Crippen molar-refractivity contribution in [2.45, 2.75) is 38.8 Å². The molecule has 1 unspecified atom stereocenters. The molecule has 0 fully saturated rings. The van der Waals surface area contributed by atoms with Gasteiger partial charge in [0.15, 0.2) is 0 Å². The number of hydrogen-bond acceptors (Lipinski definition) is 4. The number of carbonyl (C=O) groups excluding carboxylic acids is 1. The first-order valence-corrected chi connectivity index (χ1v) is 5.65. The fraction of sp³-hybridized carbons (Fsp3) is 0.583. The summed E-state index contributed by atoms with van der Waals surface area (Å²) in [4.78, 5) is 11.6. The van der Waals surface area contributed by atoms with Crippen molar-refractivity contribution in [1.29, 1.82) is 0 Å². The maximum atomic E-state index is 11.6. The number of hydrogen-bond donors (Lipinski definition) is 2. The van der Waals surface area contributed by atoms with E-state index >= 15 is 0 Å². The second kappa shape index (κ2) is 5.72. The Morgan fingerprint density at radius 1 is 1.59 bits per heavy atom. The highest BCUT2D eigenvalue weighted by molar-refractivity contribution is 5.68. The molecule has 1 heterocycles. The van der Waals surface area contributed by atoms with Crippen molar-refractivity contribution in [3.05, 3.63) is 24.2 Å². The lowest BCUT2D eigenvalue weighted by atomic mass is 10.1. The highest BCUT2D eigenvalue weighted by atomic mass is 16.6. The van der Waals surface area contributed by atoms with Gasteiger partial charge in [-0.3, -0.25) is 0 Å². The zero-order valence-electron chi connectivity index (χ0n) is 10.5. The summed E-state index contributed by atoms with van der Waals surface area (Å²) < 4.78 is 10.4. The number of nitrogens with one attached hydrogen (secondary N) is 1. The molecule has 17 heavy (non-hydrogen) atoms. The number of carbonyl (C=O) groups is 1. The lowest BCUT2D eigenvalue weighted by Gasteiger charge is -2.22. The number of alkyl carbamates (subject to hydrolysis) is 1. The molecule has 0 bridgehead atoms. The molecule has 0 saturated carbocycles. The van der Waals surface area contributed by atoms with Crippen LogP contribution in [-0.4, -0.2) is 18.2 Å². The lowest BCUT2D eigenvalue weighted by Crippen LogP contribution is -2.35. The molecule has 96 valence electrons. The van der Waals surface area contributed by atoms with Crippen LogP contribution in [-0.2, 0) is 4.74 Å². The lowest BCUT2D eigenvalue weighted by molar-refractivity contribution is 0.0495. The Hall–Kier alpha value is -1.49. The quantitative estimate of drug-likeness (QED) is 0.845. The molecule has 3 N–H and O–H groups in total. The van der Waals surface area contributed by atoms with E-state index in [1.165, 1.54) is 0 Å². The van der Waals surface area contributed by atoms with Crippen LogP contribution in [0.2, 0.25) is 0 Å². The van der Waals surface area contributed by atoms with Crippen LogP contribution in [0.15, 0.2) is 22.8 Å². The van der Waals surface area contributed by atoms with Crippen molar-refractivity contribution in [2.75, 3.05) is 6.54 Å². The zero-order chi connectivity index (χ0) is 12.9. The van der Waals surface area contributed by atoms with Gasteiger partial charge in [0.2, 0.25) is 0 Å². The molecule has 0 spiro atoms. The van der Waals surface area contributed by atoms with E-state index in [0.29, 0.717) is 18.7 Å². The Bertz CT molecular complexity index is 341. The summed E-state index contributed by atoms with van der Waals surface area (Å²) in [6.07, 6.45) is 1.70. The highest BCUT2D eigenvalue weighted by Gasteiger charge is 2.21. The van der Waals surface area contributed by atoms with Gasteiger partial charge < -0.3 is 20.2 Å². The maximum Gasteiger partial charge on any atom is 0.408 e. The first-order chi connectivity index (χ1) is 7.92. The van der Waals surface area contributed by atoms with Crippen LogP contribution in [0.25, 0.3) is 0 Å². The molecule has 5 nitrogen and oxygen atoms in total. The smallest absolute Gasteiger partial charge is 0.408 e. The standard InChI is InChI=1S/C12H20N2O3/c1-12(2,3)17-11(15)14-9(6-7-13)10-5-4-8-16-10/h4-5,8-9H,6-7,13H2,1-3H3,(H,14,15). The van der Waals surface area contributed by atoms with Gasteiger partial charge in [0, 0.05) is 0 Å². The third-order valence-corrected chi connectivity index (χ3v) is 2.03. The van der Waals surface area contributed by atoms with Crippen LogP contribution >= 0.6 is 0 Å². The van der Waals surface area contributed by atoms with Crippen molar-refractivity contribution >= 4 is 6.09 Å². The van der Waals surface area contributed by atoms with Gasteiger partial charge in [0.1, 0.15) is 11.4 Å². The van der Waals surface area contributed by atoms with Gasteiger partial charge >= 0.3 is 6.09 Å². The maximum absolute atomic E-state index is 11.6. The summed E-state index contributed by atoms with van der Waals surface area (Å²) in [5, 5.41) is 2.74. The summed E-state index contributed by atoms with van der Waals surface area (Å²) >= 11 is 0. The number of furan rings is 1. The summed E-state index contributed by atoms with van der Waals surface area (Å²) in [5.74, 6) is 0.682. The monoisotopic (exact) mass is 240 g/mol. The Morgan fingerprint density at radius 3 is 2.76 bits per heavy atom. The van der Waals surface area contributed by atoms with Crippen LogP contribution in [0.4, 0.5) is 4.79 Å². The van der Waals surface area contributed by atoms with E-state index in [-0.39, 0.29) is 6.04 Å². The summed E-state index contributed by atoms with van der Waals surface area (Å²) in [6, 6.07) is 3.33. The van der Waals surface area contributed by atoms with E-state index in [0.717, 1.165) is 0 Å².